The lowest BCUT2D eigenvalue weighted by Gasteiger charge is -2.25. The first kappa shape index (κ1) is 14.5. The van der Waals surface area contributed by atoms with Crippen molar-refractivity contribution in [1.82, 2.24) is 9.97 Å². The van der Waals surface area contributed by atoms with E-state index in [1.165, 1.54) is 0 Å². The molecule has 0 bridgehead atoms. The van der Waals surface area contributed by atoms with E-state index in [0.717, 1.165) is 33.9 Å². The van der Waals surface area contributed by atoms with Crippen molar-refractivity contribution in [2.45, 2.75) is 18.3 Å². The number of amides is 1. The highest BCUT2D eigenvalue weighted by molar-refractivity contribution is 5.91. The maximum absolute atomic E-state index is 12.3. The topological polar surface area (TPSA) is 85.9 Å². The summed E-state index contributed by atoms with van der Waals surface area (Å²) in [5, 5.41) is 0.893. The summed E-state index contributed by atoms with van der Waals surface area (Å²) >= 11 is 0. The number of aldehydes is 1. The van der Waals surface area contributed by atoms with Crippen molar-refractivity contribution < 1.29 is 9.59 Å². The number of nitrogens with zero attached hydrogens (tertiary/aromatic N) is 2. The van der Waals surface area contributed by atoms with Crippen molar-refractivity contribution in [3.05, 3.63) is 71.2 Å². The summed E-state index contributed by atoms with van der Waals surface area (Å²) in [5.41, 5.74) is 9.32. The molecule has 1 aliphatic carbocycles. The molecule has 1 amide bonds. The highest BCUT2D eigenvalue weighted by Crippen LogP contribution is 2.40. The molecule has 5 heteroatoms. The molecule has 0 saturated heterocycles. The zero-order valence-corrected chi connectivity index (χ0v) is 12.9. The molecule has 0 fully saturated rings. The molecule has 0 spiro atoms. The van der Waals surface area contributed by atoms with Crippen LogP contribution < -0.4 is 5.73 Å². The van der Waals surface area contributed by atoms with E-state index in [-0.39, 0.29) is 5.91 Å². The Morgan fingerprint density at radius 2 is 1.96 bits per heavy atom. The Hall–Kier alpha value is -3.08. The molecule has 2 N–H and O–H groups in total. The summed E-state index contributed by atoms with van der Waals surface area (Å²) in [6.07, 6.45) is 6.79. The Morgan fingerprint density at radius 1 is 1.17 bits per heavy atom. The standard InChI is InChI=1S/C19H15N3O2/c20-18(24)19(16-2-1-3-21-10-16)7-14-5-13-4-12(11-23)9-22-17(13)6-15(14)8-19/h1-6,9-11H,7-8H2,(H2,20,24). The van der Waals surface area contributed by atoms with Gasteiger partial charge in [0.2, 0.25) is 5.91 Å². The maximum Gasteiger partial charge on any atom is 0.228 e. The fraction of sp³-hybridized carbons (Fsp3) is 0.158. The van der Waals surface area contributed by atoms with Crippen LogP contribution in [0.5, 0.6) is 0 Å². The molecule has 0 saturated carbocycles. The van der Waals surface area contributed by atoms with Gasteiger partial charge in [0, 0.05) is 29.5 Å². The third kappa shape index (κ3) is 2.09. The van der Waals surface area contributed by atoms with E-state index in [2.05, 4.69) is 9.97 Å². The molecule has 24 heavy (non-hydrogen) atoms. The van der Waals surface area contributed by atoms with Crippen molar-refractivity contribution in [3.63, 3.8) is 0 Å². The smallest absolute Gasteiger partial charge is 0.228 e. The van der Waals surface area contributed by atoms with Gasteiger partial charge in [0.25, 0.3) is 0 Å². The van der Waals surface area contributed by atoms with Crippen LogP contribution in [0, 0.1) is 0 Å². The monoisotopic (exact) mass is 317 g/mol. The summed E-state index contributed by atoms with van der Waals surface area (Å²) in [6.45, 7) is 0. The number of hydrogen-bond donors (Lipinski definition) is 1. The van der Waals surface area contributed by atoms with Crippen molar-refractivity contribution in [2.75, 3.05) is 0 Å². The molecule has 2 aromatic heterocycles. The number of carbonyl (C=O) groups excluding carboxylic acids is 2. The van der Waals surface area contributed by atoms with Gasteiger partial charge in [0.15, 0.2) is 6.29 Å². The van der Waals surface area contributed by atoms with E-state index in [4.69, 9.17) is 5.73 Å². The maximum atomic E-state index is 12.3. The van der Waals surface area contributed by atoms with Crippen molar-refractivity contribution >= 4 is 23.1 Å². The van der Waals surface area contributed by atoms with Crippen LogP contribution in [0.25, 0.3) is 10.9 Å². The van der Waals surface area contributed by atoms with Crippen molar-refractivity contribution in [3.8, 4) is 0 Å². The fourth-order valence-corrected chi connectivity index (χ4v) is 3.56. The van der Waals surface area contributed by atoms with E-state index in [1.807, 2.05) is 30.3 Å². The quantitative estimate of drug-likeness (QED) is 0.748. The second kappa shape index (κ2) is 5.23. The van der Waals surface area contributed by atoms with E-state index in [9.17, 15) is 9.59 Å². The van der Waals surface area contributed by atoms with Crippen LogP contribution in [0.3, 0.4) is 0 Å². The van der Waals surface area contributed by atoms with Gasteiger partial charge in [-0.25, -0.2) is 0 Å². The molecule has 5 nitrogen and oxygen atoms in total. The summed E-state index contributed by atoms with van der Waals surface area (Å²) in [4.78, 5) is 31.7. The number of hydrogen-bond acceptors (Lipinski definition) is 4. The summed E-state index contributed by atoms with van der Waals surface area (Å²) in [7, 11) is 0. The molecule has 118 valence electrons. The Labute approximate surface area is 138 Å². The van der Waals surface area contributed by atoms with Crippen LogP contribution in [-0.2, 0) is 23.1 Å². The predicted octanol–water partition coefficient (Wildman–Crippen LogP) is 1.96. The molecule has 3 aromatic rings. The Morgan fingerprint density at radius 3 is 2.62 bits per heavy atom. The van der Waals surface area contributed by atoms with Crippen LogP contribution in [0.15, 0.2) is 48.9 Å². The Kier molecular flexibility index (Phi) is 3.16. The van der Waals surface area contributed by atoms with Gasteiger partial charge < -0.3 is 5.73 Å². The van der Waals surface area contributed by atoms with E-state index < -0.39 is 5.41 Å². The number of primary amides is 1. The van der Waals surface area contributed by atoms with E-state index in [1.54, 1.807) is 18.6 Å². The molecule has 1 aliphatic rings. The minimum Gasteiger partial charge on any atom is -0.369 e. The predicted molar refractivity (Wildman–Crippen MR) is 89.6 cm³/mol. The SMILES string of the molecule is NC(=O)C1(c2cccnc2)Cc2cc3cc(C=O)cnc3cc2C1. The molecular formula is C19H15N3O2. The lowest BCUT2D eigenvalue weighted by molar-refractivity contribution is -0.123. The number of fused-ring (bicyclic) bond motifs is 2. The number of nitrogens with two attached hydrogens (primary N) is 1. The van der Waals surface area contributed by atoms with Gasteiger partial charge in [-0.1, -0.05) is 6.07 Å². The van der Waals surface area contributed by atoms with Gasteiger partial charge in [0.1, 0.15) is 0 Å². The third-order valence-corrected chi connectivity index (χ3v) is 4.83. The van der Waals surface area contributed by atoms with Gasteiger partial charge in [-0.15, -0.1) is 0 Å². The number of rotatable bonds is 3. The highest BCUT2D eigenvalue weighted by Gasteiger charge is 2.44. The minimum absolute atomic E-state index is 0.350. The van der Waals surface area contributed by atoms with Crippen LogP contribution in [-0.4, -0.2) is 22.2 Å². The Balaban J connectivity index is 1.86. The zero-order valence-electron chi connectivity index (χ0n) is 12.9. The second-order valence-electron chi connectivity index (χ2n) is 6.24. The zero-order chi connectivity index (χ0) is 16.7. The van der Waals surface area contributed by atoms with E-state index in [0.29, 0.717) is 18.4 Å². The summed E-state index contributed by atoms with van der Waals surface area (Å²) in [6, 6.07) is 9.51. The number of benzene rings is 1. The van der Waals surface area contributed by atoms with Gasteiger partial charge >= 0.3 is 0 Å². The van der Waals surface area contributed by atoms with Crippen LogP contribution in [0.1, 0.15) is 27.0 Å². The molecule has 2 heterocycles. The number of pyridine rings is 2. The van der Waals surface area contributed by atoms with Gasteiger partial charge in [-0.05, 0) is 53.8 Å². The van der Waals surface area contributed by atoms with Crippen LogP contribution in [0.2, 0.25) is 0 Å². The summed E-state index contributed by atoms with van der Waals surface area (Å²) < 4.78 is 0. The largest absolute Gasteiger partial charge is 0.369 e. The number of carbonyl (C=O) groups is 2. The van der Waals surface area contributed by atoms with Gasteiger partial charge in [-0.2, -0.15) is 0 Å². The molecule has 4 rings (SSSR count). The molecule has 0 aliphatic heterocycles. The molecule has 1 unspecified atom stereocenters. The summed E-state index contributed by atoms with van der Waals surface area (Å²) in [5.74, 6) is -0.350. The number of aromatic nitrogens is 2. The third-order valence-electron chi connectivity index (χ3n) is 4.83. The molecule has 1 atom stereocenters. The average Bonchev–Trinajstić information content (AvgIpc) is 2.99. The normalized spacial score (nSPS) is 19.2. The first-order valence-electron chi connectivity index (χ1n) is 7.69. The molecular weight excluding hydrogens is 302 g/mol. The second-order valence-corrected chi connectivity index (χ2v) is 6.24. The van der Waals surface area contributed by atoms with Crippen molar-refractivity contribution in [1.29, 1.82) is 0 Å². The van der Waals surface area contributed by atoms with E-state index >= 15 is 0 Å². The highest BCUT2D eigenvalue weighted by atomic mass is 16.1. The first-order valence-corrected chi connectivity index (χ1v) is 7.69. The molecule has 1 aromatic carbocycles. The lowest BCUT2D eigenvalue weighted by atomic mass is 9.78. The van der Waals surface area contributed by atoms with Crippen molar-refractivity contribution in [2.24, 2.45) is 5.73 Å². The van der Waals surface area contributed by atoms with Crippen LogP contribution >= 0.6 is 0 Å². The van der Waals surface area contributed by atoms with Gasteiger partial charge in [-0.3, -0.25) is 19.6 Å². The lowest BCUT2D eigenvalue weighted by Crippen LogP contribution is -2.42. The molecule has 0 radical (unpaired) electrons. The van der Waals surface area contributed by atoms with Crippen LogP contribution in [0.4, 0.5) is 0 Å². The first-order chi connectivity index (χ1) is 11.6. The fourth-order valence-electron chi connectivity index (χ4n) is 3.56. The Bertz CT molecular complexity index is 969. The average molecular weight is 317 g/mol. The minimum atomic E-state index is -0.776. The van der Waals surface area contributed by atoms with Gasteiger partial charge in [0.05, 0.1) is 10.9 Å².